The summed E-state index contributed by atoms with van der Waals surface area (Å²) in [6.07, 6.45) is -2.81. The third kappa shape index (κ3) is 3.39. The zero-order chi connectivity index (χ0) is 18.2. The maximum absolute atomic E-state index is 12.9. The number of aliphatic hydroxyl groups is 1. The molecule has 0 bridgehead atoms. The van der Waals surface area contributed by atoms with Crippen LogP contribution in [0.3, 0.4) is 0 Å². The van der Waals surface area contributed by atoms with Gasteiger partial charge in [-0.05, 0) is 37.5 Å². The van der Waals surface area contributed by atoms with E-state index < -0.39 is 17.3 Å². The minimum atomic E-state index is -4.46. The molecule has 0 radical (unpaired) electrons. The van der Waals surface area contributed by atoms with E-state index in [0.29, 0.717) is 11.3 Å². The molecule has 1 amide bonds. The van der Waals surface area contributed by atoms with E-state index in [1.54, 1.807) is 11.8 Å². The van der Waals surface area contributed by atoms with Gasteiger partial charge in [-0.2, -0.15) is 13.2 Å². The predicted octanol–water partition coefficient (Wildman–Crippen LogP) is 3.13. The van der Waals surface area contributed by atoms with Gasteiger partial charge in [0.1, 0.15) is 11.3 Å². The summed E-state index contributed by atoms with van der Waals surface area (Å²) in [6, 6.07) is 4.72. The molecule has 3 rings (SSSR count). The quantitative estimate of drug-likeness (QED) is 0.900. The number of hydrogen-bond acceptors (Lipinski definition) is 4. The first kappa shape index (κ1) is 17.5. The number of amides is 1. The number of nitrogens with zero attached hydrogens (tertiary/aromatic N) is 2. The molecule has 8 heteroatoms. The lowest BCUT2D eigenvalue weighted by molar-refractivity contribution is -0.137. The molecule has 25 heavy (non-hydrogen) atoms. The molecule has 1 N–H and O–H groups in total. The summed E-state index contributed by atoms with van der Waals surface area (Å²) in [5, 5.41) is 14.3. The van der Waals surface area contributed by atoms with Crippen LogP contribution in [0.5, 0.6) is 0 Å². The van der Waals surface area contributed by atoms with Crippen molar-refractivity contribution in [1.29, 1.82) is 0 Å². The summed E-state index contributed by atoms with van der Waals surface area (Å²) in [4.78, 5) is 14.0. The van der Waals surface area contributed by atoms with Gasteiger partial charge in [0, 0.05) is 13.1 Å². The highest BCUT2D eigenvalue weighted by Crippen LogP contribution is 2.37. The minimum absolute atomic E-state index is 0.157. The Balaban J connectivity index is 1.75. The Morgan fingerprint density at radius 1 is 1.32 bits per heavy atom. The molecule has 1 aromatic carbocycles. The molecule has 1 aliphatic rings. The van der Waals surface area contributed by atoms with Gasteiger partial charge in [0.2, 0.25) is 0 Å². The summed E-state index contributed by atoms with van der Waals surface area (Å²) in [5.41, 5.74) is -1.61. The maximum atomic E-state index is 12.9. The van der Waals surface area contributed by atoms with E-state index >= 15 is 0 Å². The fourth-order valence-electron chi connectivity index (χ4n) is 3.03. The summed E-state index contributed by atoms with van der Waals surface area (Å²) in [7, 11) is 0. The second-order valence-corrected chi connectivity index (χ2v) is 6.20. The van der Waals surface area contributed by atoms with Gasteiger partial charge in [0.05, 0.1) is 17.4 Å². The largest absolute Gasteiger partial charge is 0.416 e. The Bertz CT molecular complexity index is 777. The number of carbonyl (C=O) groups excluding carboxylic acids is 1. The smallest absolute Gasteiger partial charge is 0.385 e. The van der Waals surface area contributed by atoms with Crippen LogP contribution in [0.1, 0.15) is 40.1 Å². The molecule has 0 spiro atoms. The first-order chi connectivity index (χ1) is 11.7. The van der Waals surface area contributed by atoms with Gasteiger partial charge in [0.15, 0.2) is 0 Å². The number of hydrogen-bond donors (Lipinski definition) is 1. The van der Waals surface area contributed by atoms with Gasteiger partial charge in [-0.15, -0.1) is 0 Å². The average Bonchev–Trinajstić information content (AvgIpc) is 3.00. The highest BCUT2D eigenvalue weighted by molar-refractivity contribution is 5.94. The lowest BCUT2D eigenvalue weighted by Crippen LogP contribution is -2.45. The number of aryl methyl sites for hydroxylation is 1. The summed E-state index contributed by atoms with van der Waals surface area (Å²) >= 11 is 0. The Kier molecular flexibility index (Phi) is 4.32. The van der Waals surface area contributed by atoms with E-state index in [1.165, 1.54) is 18.3 Å². The van der Waals surface area contributed by atoms with Crippen LogP contribution in [0.2, 0.25) is 0 Å². The predicted molar refractivity (Wildman–Crippen MR) is 81.7 cm³/mol. The molecule has 134 valence electrons. The lowest BCUT2D eigenvalue weighted by Gasteiger charge is -2.38. The molecule has 1 fully saturated rings. The van der Waals surface area contributed by atoms with E-state index in [1.807, 2.05) is 0 Å². The molecule has 1 aliphatic heterocycles. The van der Waals surface area contributed by atoms with Crippen molar-refractivity contribution < 1.29 is 27.6 Å². The van der Waals surface area contributed by atoms with Crippen LogP contribution in [-0.4, -0.2) is 34.2 Å². The van der Waals surface area contributed by atoms with E-state index in [-0.39, 0.29) is 37.4 Å². The van der Waals surface area contributed by atoms with Crippen LogP contribution in [0.25, 0.3) is 0 Å². The zero-order valence-corrected chi connectivity index (χ0v) is 13.5. The second-order valence-electron chi connectivity index (χ2n) is 6.20. The number of rotatable bonds is 2. The number of alkyl halides is 3. The Labute approximate surface area is 142 Å². The monoisotopic (exact) mass is 354 g/mol. The first-order valence-corrected chi connectivity index (χ1v) is 7.81. The minimum Gasteiger partial charge on any atom is -0.385 e. The topological polar surface area (TPSA) is 66.6 Å². The molecule has 2 aromatic rings. The summed E-state index contributed by atoms with van der Waals surface area (Å²) < 4.78 is 43.5. The van der Waals surface area contributed by atoms with Crippen LogP contribution in [0.4, 0.5) is 13.2 Å². The van der Waals surface area contributed by atoms with Crippen molar-refractivity contribution in [2.24, 2.45) is 0 Å². The average molecular weight is 354 g/mol. The highest BCUT2D eigenvalue weighted by Gasteiger charge is 2.38. The molecular weight excluding hydrogens is 337 g/mol. The van der Waals surface area contributed by atoms with Crippen molar-refractivity contribution in [2.45, 2.75) is 31.5 Å². The molecular formula is C17H17F3N2O3. The third-order valence-corrected chi connectivity index (χ3v) is 4.59. The number of halogens is 3. The molecule has 0 atom stereocenters. The second kappa shape index (κ2) is 6.18. The van der Waals surface area contributed by atoms with Crippen molar-refractivity contribution in [3.8, 4) is 0 Å². The molecule has 5 nitrogen and oxygen atoms in total. The Morgan fingerprint density at radius 2 is 2.00 bits per heavy atom. The van der Waals surface area contributed by atoms with Gasteiger partial charge < -0.3 is 14.5 Å². The van der Waals surface area contributed by atoms with Gasteiger partial charge in [-0.25, -0.2) is 0 Å². The molecule has 2 heterocycles. The molecule has 1 saturated heterocycles. The fourth-order valence-corrected chi connectivity index (χ4v) is 3.03. The summed E-state index contributed by atoms with van der Waals surface area (Å²) in [5.74, 6) is 0.147. The molecule has 0 saturated carbocycles. The normalized spacial score (nSPS) is 17.6. The first-order valence-electron chi connectivity index (χ1n) is 7.81. The number of piperidine rings is 1. The summed E-state index contributed by atoms with van der Waals surface area (Å²) in [6.45, 7) is 2.09. The lowest BCUT2D eigenvalue weighted by atomic mass is 9.83. The number of benzene rings is 1. The van der Waals surface area contributed by atoms with Crippen LogP contribution < -0.4 is 0 Å². The Morgan fingerprint density at radius 3 is 2.56 bits per heavy atom. The number of carbonyl (C=O) groups is 1. The van der Waals surface area contributed by atoms with Gasteiger partial charge in [-0.3, -0.25) is 4.79 Å². The van der Waals surface area contributed by atoms with Crippen molar-refractivity contribution >= 4 is 5.91 Å². The van der Waals surface area contributed by atoms with Crippen LogP contribution in [-0.2, 0) is 11.8 Å². The van der Waals surface area contributed by atoms with E-state index in [4.69, 9.17) is 4.52 Å². The highest BCUT2D eigenvalue weighted by atomic mass is 19.4. The molecule has 1 aromatic heterocycles. The van der Waals surface area contributed by atoms with E-state index in [2.05, 4.69) is 5.16 Å². The number of aromatic nitrogens is 1. The fraction of sp³-hybridized carbons (Fsp3) is 0.412. The van der Waals surface area contributed by atoms with Crippen LogP contribution >= 0.6 is 0 Å². The van der Waals surface area contributed by atoms with Gasteiger partial charge in [0.25, 0.3) is 5.91 Å². The van der Waals surface area contributed by atoms with Crippen molar-refractivity contribution in [3.63, 3.8) is 0 Å². The SMILES string of the molecule is Cc1oncc1C(=O)N1CCC(O)(c2cccc(C(F)(F)F)c2)CC1. The van der Waals surface area contributed by atoms with Crippen molar-refractivity contribution in [2.75, 3.05) is 13.1 Å². The van der Waals surface area contributed by atoms with Crippen molar-refractivity contribution in [1.82, 2.24) is 10.1 Å². The molecule has 0 unspecified atom stereocenters. The molecule has 0 aliphatic carbocycles. The van der Waals surface area contributed by atoms with Gasteiger partial charge in [-0.1, -0.05) is 17.3 Å². The maximum Gasteiger partial charge on any atom is 0.416 e. The zero-order valence-electron chi connectivity index (χ0n) is 13.5. The number of likely N-dealkylation sites (tertiary alicyclic amines) is 1. The van der Waals surface area contributed by atoms with E-state index in [9.17, 15) is 23.1 Å². The van der Waals surface area contributed by atoms with Gasteiger partial charge >= 0.3 is 6.18 Å². The third-order valence-electron chi connectivity index (χ3n) is 4.59. The van der Waals surface area contributed by atoms with Crippen LogP contribution in [0, 0.1) is 6.92 Å². The Hall–Kier alpha value is -2.35. The standard InChI is InChI=1S/C17H17F3N2O3/c1-11-14(10-21-25-11)15(23)22-7-5-16(24,6-8-22)12-3-2-4-13(9-12)17(18,19)20/h2-4,9-10,24H,5-8H2,1H3. The van der Waals surface area contributed by atoms with Crippen molar-refractivity contribution in [3.05, 3.63) is 52.9 Å². The van der Waals surface area contributed by atoms with E-state index in [0.717, 1.165) is 12.1 Å². The van der Waals surface area contributed by atoms with Crippen LogP contribution in [0.15, 0.2) is 35.0 Å².